The lowest BCUT2D eigenvalue weighted by atomic mass is 10.1. The molecule has 25 heavy (non-hydrogen) atoms. The molecule has 0 aliphatic rings. The Morgan fingerprint density at radius 3 is 2.84 bits per heavy atom. The number of hydrogen-bond donors (Lipinski definition) is 1. The standard InChI is InChI=1S/C20H21N3O2/c1-14-8-9-19(15(2)10-14)25-13-20(24)22-21-11-16-12-23(3)18-7-5-4-6-17(16)18/h4-12H,13H2,1-3H3,(H,22,24)/b21-11-. The van der Waals surface area contributed by atoms with E-state index in [1.807, 2.05) is 74.1 Å². The predicted molar refractivity (Wildman–Crippen MR) is 100 cm³/mol. The number of ether oxygens (including phenoxy) is 1. The Bertz CT molecular complexity index is 941. The van der Waals surface area contributed by atoms with Crippen molar-refractivity contribution < 1.29 is 9.53 Å². The van der Waals surface area contributed by atoms with Crippen LogP contribution < -0.4 is 10.2 Å². The number of benzene rings is 2. The number of carbonyl (C=O) groups excluding carboxylic acids is 1. The minimum absolute atomic E-state index is 0.0726. The number of para-hydroxylation sites is 1. The van der Waals surface area contributed by atoms with E-state index in [9.17, 15) is 4.79 Å². The second-order valence-corrected chi connectivity index (χ2v) is 6.06. The first-order chi connectivity index (χ1) is 12.0. The lowest BCUT2D eigenvalue weighted by molar-refractivity contribution is -0.123. The fraction of sp³-hybridized carbons (Fsp3) is 0.200. The molecule has 1 heterocycles. The molecule has 0 bridgehead atoms. The van der Waals surface area contributed by atoms with E-state index in [-0.39, 0.29) is 12.5 Å². The molecule has 0 aliphatic carbocycles. The van der Waals surface area contributed by atoms with Gasteiger partial charge in [0.25, 0.3) is 5.91 Å². The molecule has 0 unspecified atom stereocenters. The van der Waals surface area contributed by atoms with Gasteiger partial charge in [0, 0.05) is 29.7 Å². The molecule has 3 rings (SSSR count). The van der Waals surface area contributed by atoms with Gasteiger partial charge in [-0.15, -0.1) is 0 Å². The molecule has 0 spiro atoms. The van der Waals surface area contributed by atoms with Crippen molar-refractivity contribution in [3.8, 4) is 5.75 Å². The molecule has 0 fully saturated rings. The number of carbonyl (C=O) groups is 1. The highest BCUT2D eigenvalue weighted by molar-refractivity contribution is 5.99. The van der Waals surface area contributed by atoms with E-state index in [0.29, 0.717) is 5.75 Å². The SMILES string of the molecule is Cc1ccc(OCC(=O)N/N=C\c2cn(C)c3ccccc23)c(C)c1. The summed E-state index contributed by atoms with van der Waals surface area (Å²) >= 11 is 0. The number of hydrogen-bond acceptors (Lipinski definition) is 3. The lowest BCUT2D eigenvalue weighted by Crippen LogP contribution is -2.24. The van der Waals surface area contributed by atoms with E-state index >= 15 is 0 Å². The van der Waals surface area contributed by atoms with Crippen LogP contribution in [0.1, 0.15) is 16.7 Å². The number of aryl methyl sites for hydroxylation is 3. The molecule has 5 heteroatoms. The smallest absolute Gasteiger partial charge is 0.277 e. The Balaban J connectivity index is 1.59. The van der Waals surface area contributed by atoms with Crippen LogP contribution in [0.3, 0.4) is 0 Å². The Morgan fingerprint density at radius 1 is 1.24 bits per heavy atom. The molecule has 1 aromatic heterocycles. The van der Waals surface area contributed by atoms with Crippen molar-refractivity contribution in [3.05, 3.63) is 65.4 Å². The van der Waals surface area contributed by atoms with E-state index in [4.69, 9.17) is 4.74 Å². The molecule has 2 aromatic carbocycles. The first kappa shape index (κ1) is 16.8. The Labute approximate surface area is 146 Å². The van der Waals surface area contributed by atoms with Crippen LogP contribution in [-0.2, 0) is 11.8 Å². The van der Waals surface area contributed by atoms with Crippen LogP contribution in [0.15, 0.2) is 53.8 Å². The van der Waals surface area contributed by atoms with Crippen molar-refractivity contribution in [2.24, 2.45) is 12.1 Å². The molecule has 0 radical (unpaired) electrons. The van der Waals surface area contributed by atoms with Crippen LogP contribution in [-0.4, -0.2) is 23.3 Å². The highest BCUT2D eigenvalue weighted by atomic mass is 16.5. The van der Waals surface area contributed by atoms with E-state index in [1.165, 1.54) is 0 Å². The summed E-state index contributed by atoms with van der Waals surface area (Å²) in [5.74, 6) is 0.412. The van der Waals surface area contributed by atoms with Crippen LogP contribution in [0.2, 0.25) is 0 Å². The zero-order valence-corrected chi connectivity index (χ0v) is 14.6. The molecular weight excluding hydrogens is 314 g/mol. The quantitative estimate of drug-likeness (QED) is 0.574. The van der Waals surface area contributed by atoms with E-state index in [0.717, 1.165) is 27.6 Å². The van der Waals surface area contributed by atoms with Gasteiger partial charge in [-0.1, -0.05) is 35.9 Å². The molecule has 0 atom stereocenters. The van der Waals surface area contributed by atoms with Crippen molar-refractivity contribution >= 4 is 23.0 Å². The Hall–Kier alpha value is -3.08. The number of aromatic nitrogens is 1. The van der Waals surface area contributed by atoms with Crippen LogP contribution in [0, 0.1) is 13.8 Å². The summed E-state index contributed by atoms with van der Waals surface area (Å²) in [6, 6.07) is 13.9. The maximum atomic E-state index is 11.9. The van der Waals surface area contributed by atoms with Gasteiger partial charge in [-0.25, -0.2) is 5.43 Å². The molecule has 5 nitrogen and oxygen atoms in total. The van der Waals surface area contributed by atoms with Crippen molar-refractivity contribution in [1.29, 1.82) is 0 Å². The minimum Gasteiger partial charge on any atom is -0.483 e. The van der Waals surface area contributed by atoms with E-state index in [1.54, 1.807) is 6.21 Å². The number of hydrazone groups is 1. The molecular formula is C20H21N3O2. The summed E-state index contributed by atoms with van der Waals surface area (Å²) in [6.07, 6.45) is 3.63. The largest absolute Gasteiger partial charge is 0.483 e. The Kier molecular flexibility index (Phi) is 4.84. The molecule has 0 saturated carbocycles. The van der Waals surface area contributed by atoms with Crippen LogP contribution in [0.5, 0.6) is 5.75 Å². The van der Waals surface area contributed by atoms with Gasteiger partial charge in [-0.05, 0) is 31.5 Å². The van der Waals surface area contributed by atoms with Crippen molar-refractivity contribution in [2.45, 2.75) is 13.8 Å². The highest BCUT2D eigenvalue weighted by Crippen LogP contribution is 2.19. The molecule has 1 amide bonds. The van der Waals surface area contributed by atoms with Gasteiger partial charge in [0.05, 0.1) is 6.21 Å². The molecule has 3 aromatic rings. The van der Waals surface area contributed by atoms with Gasteiger partial charge < -0.3 is 9.30 Å². The Morgan fingerprint density at radius 2 is 2.04 bits per heavy atom. The fourth-order valence-corrected chi connectivity index (χ4v) is 2.79. The average molecular weight is 335 g/mol. The summed E-state index contributed by atoms with van der Waals surface area (Å²) < 4.78 is 7.57. The van der Waals surface area contributed by atoms with E-state index in [2.05, 4.69) is 10.5 Å². The maximum Gasteiger partial charge on any atom is 0.277 e. The maximum absolute atomic E-state index is 11.9. The summed E-state index contributed by atoms with van der Waals surface area (Å²) in [5.41, 5.74) is 6.74. The van der Waals surface area contributed by atoms with Gasteiger partial charge in [0.2, 0.25) is 0 Å². The highest BCUT2D eigenvalue weighted by Gasteiger charge is 2.05. The topological polar surface area (TPSA) is 55.6 Å². The number of amides is 1. The monoisotopic (exact) mass is 335 g/mol. The molecule has 128 valence electrons. The molecule has 0 saturated heterocycles. The van der Waals surface area contributed by atoms with Crippen LogP contribution >= 0.6 is 0 Å². The van der Waals surface area contributed by atoms with Crippen LogP contribution in [0.25, 0.3) is 10.9 Å². The van der Waals surface area contributed by atoms with Crippen molar-refractivity contribution in [3.63, 3.8) is 0 Å². The second kappa shape index (κ2) is 7.21. The van der Waals surface area contributed by atoms with Crippen molar-refractivity contribution in [2.75, 3.05) is 6.61 Å². The summed E-state index contributed by atoms with van der Waals surface area (Å²) in [6.45, 7) is 3.90. The average Bonchev–Trinajstić information content (AvgIpc) is 2.91. The fourth-order valence-electron chi connectivity index (χ4n) is 2.79. The third-order valence-electron chi connectivity index (χ3n) is 4.01. The van der Waals surface area contributed by atoms with E-state index < -0.39 is 0 Å². The van der Waals surface area contributed by atoms with Gasteiger partial charge >= 0.3 is 0 Å². The predicted octanol–water partition coefficient (Wildman–Crippen LogP) is 3.32. The summed E-state index contributed by atoms with van der Waals surface area (Å²) in [4.78, 5) is 11.9. The van der Waals surface area contributed by atoms with Crippen LogP contribution in [0.4, 0.5) is 0 Å². The first-order valence-corrected chi connectivity index (χ1v) is 8.10. The summed E-state index contributed by atoms with van der Waals surface area (Å²) in [5, 5.41) is 5.13. The van der Waals surface area contributed by atoms with Gasteiger partial charge in [0.15, 0.2) is 6.61 Å². The van der Waals surface area contributed by atoms with Gasteiger partial charge in [0.1, 0.15) is 5.75 Å². The normalized spacial score (nSPS) is 11.2. The summed E-state index contributed by atoms with van der Waals surface area (Å²) in [7, 11) is 1.98. The molecule has 1 N–H and O–H groups in total. The van der Waals surface area contributed by atoms with Gasteiger partial charge in [-0.2, -0.15) is 5.10 Å². The number of rotatable bonds is 5. The van der Waals surface area contributed by atoms with Crippen molar-refractivity contribution in [1.82, 2.24) is 9.99 Å². The first-order valence-electron chi connectivity index (χ1n) is 8.10. The number of fused-ring (bicyclic) bond motifs is 1. The third-order valence-corrected chi connectivity index (χ3v) is 4.01. The third kappa shape index (κ3) is 3.88. The minimum atomic E-state index is -0.295. The lowest BCUT2D eigenvalue weighted by Gasteiger charge is -2.08. The number of nitrogens with one attached hydrogen (secondary N) is 1. The zero-order chi connectivity index (χ0) is 17.8. The zero-order valence-electron chi connectivity index (χ0n) is 14.6. The second-order valence-electron chi connectivity index (χ2n) is 6.06. The molecule has 0 aliphatic heterocycles. The van der Waals surface area contributed by atoms with Gasteiger partial charge in [-0.3, -0.25) is 4.79 Å². The number of nitrogens with zero attached hydrogens (tertiary/aromatic N) is 2.